The second-order valence-corrected chi connectivity index (χ2v) is 7.79. The molecule has 0 saturated heterocycles. The van der Waals surface area contributed by atoms with Gasteiger partial charge in [-0.15, -0.1) is 6.58 Å². The van der Waals surface area contributed by atoms with E-state index < -0.39 is 22.0 Å². The smallest absolute Gasteiger partial charge is 0.321 e. The number of sulfonamides is 1. The monoisotopic (exact) mass is 366 g/mol. The highest BCUT2D eigenvalue weighted by Gasteiger charge is 2.24. The number of urea groups is 1. The predicted octanol–water partition coefficient (Wildman–Crippen LogP) is 0.893. The maximum atomic E-state index is 12.3. The van der Waals surface area contributed by atoms with Gasteiger partial charge < -0.3 is 10.6 Å². The van der Waals surface area contributed by atoms with E-state index in [9.17, 15) is 18.0 Å². The quantitative estimate of drug-likeness (QED) is 0.592. The fourth-order valence-corrected chi connectivity index (χ4v) is 3.15. The van der Waals surface area contributed by atoms with Crippen LogP contribution in [0.25, 0.3) is 0 Å². The Hall–Kier alpha value is -2.39. The second-order valence-electron chi connectivity index (χ2n) is 5.75. The molecule has 0 heterocycles. The lowest BCUT2D eigenvalue weighted by Gasteiger charge is -2.15. The number of amides is 3. The van der Waals surface area contributed by atoms with Crippen molar-refractivity contribution in [2.24, 2.45) is 0 Å². The van der Waals surface area contributed by atoms with E-state index in [1.165, 1.54) is 29.6 Å². The van der Waals surface area contributed by atoms with Crippen molar-refractivity contribution in [3.63, 3.8) is 0 Å². The Labute approximate surface area is 147 Å². The van der Waals surface area contributed by atoms with Crippen LogP contribution in [0.3, 0.4) is 0 Å². The van der Waals surface area contributed by atoms with Crippen molar-refractivity contribution in [2.45, 2.75) is 23.8 Å². The van der Waals surface area contributed by atoms with Crippen LogP contribution in [0.2, 0.25) is 0 Å². The van der Waals surface area contributed by atoms with Crippen LogP contribution in [0.1, 0.15) is 12.8 Å². The van der Waals surface area contributed by atoms with Crippen LogP contribution < -0.4 is 16.0 Å². The van der Waals surface area contributed by atoms with Gasteiger partial charge in [0.1, 0.15) is 0 Å². The molecule has 25 heavy (non-hydrogen) atoms. The maximum Gasteiger partial charge on any atom is 0.321 e. The molecule has 0 bridgehead atoms. The molecule has 0 unspecified atom stereocenters. The van der Waals surface area contributed by atoms with Gasteiger partial charge in [-0.1, -0.05) is 6.08 Å². The zero-order valence-corrected chi connectivity index (χ0v) is 14.8. The molecule has 0 aromatic heterocycles. The summed E-state index contributed by atoms with van der Waals surface area (Å²) in [4.78, 5) is 23.3. The van der Waals surface area contributed by atoms with Crippen molar-refractivity contribution in [3.8, 4) is 0 Å². The Balaban J connectivity index is 1.86. The van der Waals surface area contributed by atoms with E-state index in [2.05, 4.69) is 22.5 Å². The maximum absolute atomic E-state index is 12.3. The number of rotatable bonds is 8. The summed E-state index contributed by atoms with van der Waals surface area (Å²) in [6, 6.07) is 5.71. The molecule has 1 aliphatic rings. The Morgan fingerprint density at radius 1 is 1.28 bits per heavy atom. The van der Waals surface area contributed by atoms with Crippen molar-refractivity contribution in [2.75, 3.05) is 25.5 Å². The molecule has 0 aliphatic heterocycles. The summed E-state index contributed by atoms with van der Waals surface area (Å²) in [5.41, 5.74) is 0.572. The van der Waals surface area contributed by atoms with Gasteiger partial charge in [-0.25, -0.2) is 13.2 Å². The molecule has 1 aromatic carbocycles. The van der Waals surface area contributed by atoms with Crippen molar-refractivity contribution in [3.05, 3.63) is 36.9 Å². The number of benzene rings is 1. The summed E-state index contributed by atoms with van der Waals surface area (Å²) in [6.07, 6.45) is 3.39. The van der Waals surface area contributed by atoms with E-state index in [0.717, 1.165) is 12.8 Å². The highest BCUT2D eigenvalue weighted by molar-refractivity contribution is 7.89. The second kappa shape index (κ2) is 8.13. The first kappa shape index (κ1) is 18.9. The van der Waals surface area contributed by atoms with Crippen LogP contribution >= 0.6 is 0 Å². The van der Waals surface area contributed by atoms with E-state index in [4.69, 9.17) is 0 Å². The van der Waals surface area contributed by atoms with Crippen LogP contribution in [0, 0.1) is 0 Å². The number of carbonyl (C=O) groups is 2. The molecule has 2 rings (SSSR count). The van der Waals surface area contributed by atoms with Crippen LogP contribution in [0.4, 0.5) is 10.5 Å². The zero-order valence-electron chi connectivity index (χ0n) is 14.0. The molecule has 8 nitrogen and oxygen atoms in total. The molecule has 1 fully saturated rings. The van der Waals surface area contributed by atoms with E-state index in [1.807, 2.05) is 0 Å². The van der Waals surface area contributed by atoms with Gasteiger partial charge in [0.05, 0.1) is 11.4 Å². The van der Waals surface area contributed by atoms with Gasteiger partial charge >= 0.3 is 6.03 Å². The lowest BCUT2D eigenvalue weighted by atomic mass is 10.3. The number of nitrogens with one attached hydrogen (secondary N) is 3. The Morgan fingerprint density at radius 3 is 2.48 bits per heavy atom. The number of hydrogen-bond acceptors (Lipinski definition) is 5. The summed E-state index contributed by atoms with van der Waals surface area (Å²) < 4.78 is 25.7. The SMILES string of the molecule is C=CCN(C)S(=O)(=O)c1ccc(NCC(=O)NC(=O)NC2CC2)cc1. The molecule has 1 aromatic rings. The first-order valence-electron chi connectivity index (χ1n) is 7.84. The minimum Gasteiger partial charge on any atom is -0.376 e. The van der Waals surface area contributed by atoms with E-state index in [-0.39, 0.29) is 24.0 Å². The molecule has 1 saturated carbocycles. The van der Waals surface area contributed by atoms with Gasteiger partial charge in [0.15, 0.2) is 0 Å². The molecule has 0 spiro atoms. The lowest BCUT2D eigenvalue weighted by Crippen LogP contribution is -2.42. The number of anilines is 1. The first-order chi connectivity index (χ1) is 11.8. The largest absolute Gasteiger partial charge is 0.376 e. The summed E-state index contributed by atoms with van der Waals surface area (Å²) in [5, 5.41) is 7.71. The predicted molar refractivity (Wildman–Crippen MR) is 94.6 cm³/mol. The minimum absolute atomic E-state index is 0.0967. The Bertz CT molecular complexity index is 742. The van der Waals surface area contributed by atoms with Gasteiger partial charge in [-0.05, 0) is 37.1 Å². The summed E-state index contributed by atoms with van der Waals surface area (Å²) in [7, 11) is -2.10. The Kier molecular flexibility index (Phi) is 6.16. The number of nitrogens with zero attached hydrogens (tertiary/aromatic N) is 1. The fourth-order valence-electron chi connectivity index (χ4n) is 2.01. The van der Waals surface area contributed by atoms with Crippen LogP contribution in [-0.2, 0) is 14.8 Å². The molecule has 3 amide bonds. The summed E-state index contributed by atoms with van der Waals surface area (Å²) >= 11 is 0. The van der Waals surface area contributed by atoms with Gasteiger partial charge in [-0.3, -0.25) is 10.1 Å². The molecule has 3 N–H and O–H groups in total. The molecule has 0 radical (unpaired) electrons. The average Bonchev–Trinajstić information content (AvgIpc) is 3.37. The molecule has 9 heteroatoms. The van der Waals surface area contributed by atoms with Gasteiger partial charge in [0.25, 0.3) is 0 Å². The average molecular weight is 366 g/mol. The summed E-state index contributed by atoms with van der Waals surface area (Å²) in [5.74, 6) is -0.472. The molecule has 0 atom stereocenters. The minimum atomic E-state index is -3.57. The van der Waals surface area contributed by atoms with Crippen molar-refractivity contribution < 1.29 is 18.0 Å². The molecular weight excluding hydrogens is 344 g/mol. The van der Waals surface area contributed by atoms with Gasteiger partial charge in [0, 0.05) is 25.3 Å². The normalized spacial score (nSPS) is 14.0. The number of carbonyl (C=O) groups excluding carboxylic acids is 2. The fraction of sp³-hybridized carbons (Fsp3) is 0.375. The van der Waals surface area contributed by atoms with Crippen LogP contribution in [0.15, 0.2) is 41.8 Å². The number of imide groups is 1. The highest BCUT2D eigenvalue weighted by Crippen LogP contribution is 2.18. The van der Waals surface area contributed by atoms with E-state index >= 15 is 0 Å². The van der Waals surface area contributed by atoms with Crippen molar-refractivity contribution >= 4 is 27.6 Å². The topological polar surface area (TPSA) is 108 Å². The standard InChI is InChI=1S/C16H22N4O4S/c1-3-10-20(2)25(23,24)14-8-6-12(7-9-14)17-11-15(21)19-16(22)18-13-4-5-13/h3,6-9,13,17H,1,4-5,10-11H2,2H3,(H2,18,19,21,22). The molecular formula is C16H22N4O4S. The van der Waals surface area contributed by atoms with Gasteiger partial charge in [-0.2, -0.15) is 4.31 Å². The van der Waals surface area contributed by atoms with E-state index in [0.29, 0.717) is 5.69 Å². The van der Waals surface area contributed by atoms with Crippen LogP contribution in [0.5, 0.6) is 0 Å². The van der Waals surface area contributed by atoms with Crippen molar-refractivity contribution in [1.29, 1.82) is 0 Å². The molecule has 136 valence electrons. The van der Waals surface area contributed by atoms with E-state index in [1.54, 1.807) is 12.1 Å². The third-order valence-corrected chi connectivity index (χ3v) is 5.40. The summed E-state index contributed by atoms with van der Waals surface area (Å²) in [6.45, 7) is 3.64. The number of hydrogen-bond donors (Lipinski definition) is 3. The van der Waals surface area contributed by atoms with Crippen LogP contribution in [-0.4, -0.2) is 50.8 Å². The van der Waals surface area contributed by atoms with Crippen molar-refractivity contribution in [1.82, 2.24) is 14.9 Å². The Morgan fingerprint density at radius 2 is 1.92 bits per heavy atom. The van der Waals surface area contributed by atoms with Gasteiger partial charge in [0.2, 0.25) is 15.9 Å². The third kappa shape index (κ3) is 5.57. The lowest BCUT2D eigenvalue weighted by molar-refractivity contribution is -0.118. The first-order valence-corrected chi connectivity index (χ1v) is 9.28. The third-order valence-electron chi connectivity index (χ3n) is 3.57. The molecule has 1 aliphatic carbocycles. The zero-order chi connectivity index (χ0) is 18.4. The highest BCUT2D eigenvalue weighted by atomic mass is 32.2. The number of likely N-dealkylation sites (N-methyl/N-ethyl adjacent to an activating group) is 1.